The van der Waals surface area contributed by atoms with Crippen LogP contribution in [-0.4, -0.2) is 23.4 Å². The largest absolute Gasteiger partial charge is 0.411 e. The Balaban J connectivity index is 1.52. The van der Waals surface area contributed by atoms with E-state index in [-0.39, 0.29) is 5.91 Å². The normalized spacial score (nSPS) is 15.1. The second-order valence-corrected chi connectivity index (χ2v) is 7.11. The number of pyridine rings is 2. The molecule has 0 aromatic carbocycles. The summed E-state index contributed by atoms with van der Waals surface area (Å²) in [5, 5.41) is 14.9. The molecule has 0 atom stereocenters. The average molecular weight is 368 g/mol. The first-order valence-electron chi connectivity index (χ1n) is 9.71. The molecule has 0 unspecified atom stereocenters. The van der Waals surface area contributed by atoms with Crippen molar-refractivity contribution in [2.45, 2.75) is 57.7 Å². The van der Waals surface area contributed by atoms with Gasteiger partial charge in [-0.1, -0.05) is 24.4 Å². The smallest absolute Gasteiger partial charge is 0.257 e. The van der Waals surface area contributed by atoms with E-state index in [9.17, 15) is 4.79 Å². The maximum Gasteiger partial charge on any atom is 0.257 e. The van der Waals surface area contributed by atoms with E-state index in [1.54, 1.807) is 0 Å². The van der Waals surface area contributed by atoms with Gasteiger partial charge in [0.2, 0.25) is 0 Å². The van der Waals surface area contributed by atoms with E-state index in [1.165, 1.54) is 25.5 Å². The Kier molecular flexibility index (Phi) is 6.90. The maximum atomic E-state index is 12.5. The minimum Gasteiger partial charge on any atom is -0.411 e. The first-order chi connectivity index (χ1) is 13.2. The second-order valence-electron chi connectivity index (χ2n) is 7.11. The third-order valence-electron chi connectivity index (χ3n) is 4.98. The third kappa shape index (κ3) is 5.88. The standard InChI is InChI=1S/C21H26N4O2/c26-21(23-20-9-2-1-3-10-20)19-8-5-12-25(17-19)14-6-13-24-11-4-7-18(16-24)15-22-27/h4-5,7-8,11-12,15-17,20H,1-3,6,9-10,13-14H2/p+2/b22-15+. The van der Waals surface area contributed by atoms with Gasteiger partial charge in [-0.15, -0.1) is 0 Å². The van der Waals surface area contributed by atoms with Gasteiger partial charge in [-0.2, -0.15) is 0 Å². The van der Waals surface area contributed by atoms with E-state index < -0.39 is 0 Å². The molecular weight excluding hydrogens is 340 g/mol. The highest BCUT2D eigenvalue weighted by Crippen LogP contribution is 2.17. The SMILES string of the molecule is O=C(NC1CCCCC1)c1ccc[n+](CCC[n+]2cccc(/C=N/O)c2)c1. The van der Waals surface area contributed by atoms with Gasteiger partial charge in [0, 0.05) is 18.2 Å². The van der Waals surface area contributed by atoms with Gasteiger partial charge in [-0.3, -0.25) is 4.79 Å². The Morgan fingerprint density at radius 1 is 1.11 bits per heavy atom. The predicted molar refractivity (Wildman–Crippen MR) is 102 cm³/mol. The molecule has 2 heterocycles. The molecule has 27 heavy (non-hydrogen) atoms. The van der Waals surface area contributed by atoms with Crippen molar-refractivity contribution in [1.29, 1.82) is 0 Å². The van der Waals surface area contributed by atoms with Gasteiger partial charge in [0.15, 0.2) is 37.9 Å². The molecular formula is C21H28N4O2+2. The number of nitrogens with zero attached hydrogens (tertiary/aromatic N) is 3. The fraction of sp³-hybridized carbons (Fsp3) is 0.429. The number of carbonyl (C=O) groups excluding carboxylic acids is 1. The van der Waals surface area contributed by atoms with E-state index in [0.29, 0.717) is 6.04 Å². The van der Waals surface area contributed by atoms with E-state index in [0.717, 1.165) is 43.5 Å². The lowest BCUT2D eigenvalue weighted by molar-refractivity contribution is -0.727. The lowest BCUT2D eigenvalue weighted by Gasteiger charge is -2.22. The van der Waals surface area contributed by atoms with Crippen LogP contribution < -0.4 is 14.5 Å². The van der Waals surface area contributed by atoms with Gasteiger partial charge in [-0.05, 0) is 25.0 Å². The molecule has 0 aliphatic heterocycles. The monoisotopic (exact) mass is 368 g/mol. The maximum absolute atomic E-state index is 12.5. The molecule has 142 valence electrons. The molecule has 3 rings (SSSR count). The number of nitrogens with one attached hydrogen (secondary N) is 1. The molecule has 0 bridgehead atoms. The van der Waals surface area contributed by atoms with Crippen molar-refractivity contribution in [2.75, 3.05) is 0 Å². The van der Waals surface area contributed by atoms with Gasteiger partial charge in [0.25, 0.3) is 5.91 Å². The Morgan fingerprint density at radius 3 is 2.56 bits per heavy atom. The van der Waals surface area contributed by atoms with E-state index in [1.807, 2.05) is 49.1 Å². The van der Waals surface area contributed by atoms with Crippen molar-refractivity contribution in [2.24, 2.45) is 5.16 Å². The van der Waals surface area contributed by atoms with Crippen molar-refractivity contribution in [3.05, 3.63) is 60.2 Å². The Bertz CT molecular complexity index is 785. The lowest BCUT2D eigenvalue weighted by atomic mass is 9.95. The number of rotatable bonds is 7. The van der Waals surface area contributed by atoms with Gasteiger partial charge in [0.05, 0.1) is 18.2 Å². The molecule has 6 nitrogen and oxygen atoms in total. The summed E-state index contributed by atoms with van der Waals surface area (Å²) < 4.78 is 4.13. The molecule has 6 heteroatoms. The molecule has 2 aromatic rings. The summed E-state index contributed by atoms with van der Waals surface area (Å²) in [5.41, 5.74) is 1.57. The number of amides is 1. The zero-order valence-corrected chi connectivity index (χ0v) is 15.6. The molecule has 0 radical (unpaired) electrons. The van der Waals surface area contributed by atoms with Gasteiger partial charge in [-0.25, -0.2) is 9.13 Å². The van der Waals surface area contributed by atoms with Crippen LogP contribution in [0.2, 0.25) is 0 Å². The highest BCUT2D eigenvalue weighted by molar-refractivity contribution is 5.93. The Morgan fingerprint density at radius 2 is 1.81 bits per heavy atom. The highest BCUT2D eigenvalue weighted by atomic mass is 16.4. The van der Waals surface area contributed by atoms with Crippen LogP contribution in [0, 0.1) is 0 Å². The highest BCUT2D eigenvalue weighted by Gasteiger charge is 2.18. The first-order valence-corrected chi connectivity index (χ1v) is 9.71. The average Bonchev–Trinajstić information content (AvgIpc) is 2.70. The molecule has 1 aliphatic carbocycles. The van der Waals surface area contributed by atoms with E-state index in [4.69, 9.17) is 5.21 Å². The fourth-order valence-corrected chi connectivity index (χ4v) is 3.57. The summed E-state index contributed by atoms with van der Waals surface area (Å²) in [5.74, 6) is 0.0293. The third-order valence-corrected chi connectivity index (χ3v) is 4.98. The Hall–Kier alpha value is -2.76. The van der Waals surface area contributed by atoms with Crippen molar-refractivity contribution < 1.29 is 19.1 Å². The van der Waals surface area contributed by atoms with Gasteiger partial charge in [0.1, 0.15) is 5.56 Å². The Labute approximate surface area is 160 Å². The molecule has 1 aliphatic rings. The number of carbonyl (C=O) groups is 1. The number of aromatic nitrogens is 2. The molecule has 0 saturated heterocycles. The van der Waals surface area contributed by atoms with Crippen molar-refractivity contribution in [3.63, 3.8) is 0 Å². The second kappa shape index (κ2) is 9.80. The summed E-state index contributed by atoms with van der Waals surface area (Å²) in [6.45, 7) is 1.68. The van der Waals surface area contributed by atoms with Crippen molar-refractivity contribution in [3.8, 4) is 0 Å². The zero-order valence-electron chi connectivity index (χ0n) is 15.6. The molecule has 1 amide bonds. The topological polar surface area (TPSA) is 69.5 Å². The molecule has 2 N–H and O–H groups in total. The van der Waals surface area contributed by atoms with Crippen LogP contribution in [0.4, 0.5) is 0 Å². The number of hydrogen-bond acceptors (Lipinski definition) is 3. The predicted octanol–water partition coefficient (Wildman–Crippen LogP) is 2.22. The molecule has 0 spiro atoms. The minimum atomic E-state index is 0.0293. The molecule has 1 saturated carbocycles. The van der Waals surface area contributed by atoms with Crippen molar-refractivity contribution in [1.82, 2.24) is 5.32 Å². The summed E-state index contributed by atoms with van der Waals surface area (Å²) in [7, 11) is 0. The van der Waals surface area contributed by atoms with Crippen molar-refractivity contribution >= 4 is 12.1 Å². The van der Waals surface area contributed by atoms with Crippen LogP contribution in [0.1, 0.15) is 54.4 Å². The van der Waals surface area contributed by atoms with Crippen LogP contribution in [0.5, 0.6) is 0 Å². The molecule has 2 aromatic heterocycles. The quantitative estimate of drug-likeness (QED) is 0.341. The van der Waals surface area contributed by atoms with Crippen LogP contribution in [-0.2, 0) is 13.1 Å². The first kappa shape index (κ1) is 19.0. The van der Waals surface area contributed by atoms with Crippen LogP contribution in [0.3, 0.4) is 0 Å². The van der Waals surface area contributed by atoms with E-state index >= 15 is 0 Å². The fourth-order valence-electron chi connectivity index (χ4n) is 3.57. The lowest BCUT2D eigenvalue weighted by Crippen LogP contribution is -2.41. The van der Waals surface area contributed by atoms with Crippen LogP contribution in [0.25, 0.3) is 0 Å². The van der Waals surface area contributed by atoms with Gasteiger partial charge < -0.3 is 10.5 Å². The number of oxime groups is 1. The summed E-state index contributed by atoms with van der Waals surface area (Å²) in [6.07, 6.45) is 16.1. The summed E-state index contributed by atoms with van der Waals surface area (Å²) >= 11 is 0. The number of hydrogen-bond donors (Lipinski definition) is 2. The zero-order chi connectivity index (χ0) is 18.9. The summed E-state index contributed by atoms with van der Waals surface area (Å²) in [6, 6.07) is 7.95. The minimum absolute atomic E-state index is 0.0293. The number of aryl methyl sites for hydroxylation is 2. The van der Waals surface area contributed by atoms with E-state index in [2.05, 4.69) is 19.6 Å². The molecule has 1 fully saturated rings. The van der Waals surface area contributed by atoms with Gasteiger partial charge >= 0.3 is 0 Å². The van der Waals surface area contributed by atoms with Crippen LogP contribution >= 0.6 is 0 Å². The summed E-state index contributed by atoms with van der Waals surface area (Å²) in [4.78, 5) is 12.5. The van der Waals surface area contributed by atoms with Crippen LogP contribution in [0.15, 0.2) is 54.2 Å².